The smallest absolute Gasteiger partial charge is 0.406 e. The number of nitrogens with one attached hydrogen (secondary N) is 1. The van der Waals surface area contributed by atoms with Gasteiger partial charge in [0.15, 0.2) is 5.96 Å². The number of alkyl halides is 3. The number of aliphatic hydroxyl groups is 1. The highest BCUT2D eigenvalue weighted by molar-refractivity contribution is 14.0. The first-order chi connectivity index (χ1) is 11.4. The van der Waals surface area contributed by atoms with Crippen LogP contribution >= 0.6 is 24.0 Å². The van der Waals surface area contributed by atoms with Crippen LogP contribution < -0.4 is 15.8 Å². The van der Waals surface area contributed by atoms with Gasteiger partial charge in [-0.2, -0.15) is 0 Å². The Labute approximate surface area is 159 Å². The molecule has 4 N–H and O–H groups in total. The number of benzene rings is 2. The summed E-state index contributed by atoms with van der Waals surface area (Å²) >= 11 is 0. The van der Waals surface area contributed by atoms with Crippen molar-refractivity contribution in [3.63, 3.8) is 0 Å². The molecule has 5 nitrogen and oxygen atoms in total. The van der Waals surface area contributed by atoms with Crippen molar-refractivity contribution in [2.24, 2.45) is 10.7 Å². The number of hydrogen-bond acceptors (Lipinski definition) is 3. The van der Waals surface area contributed by atoms with Crippen molar-refractivity contribution in [2.45, 2.75) is 19.5 Å². The molecule has 0 amide bonds. The van der Waals surface area contributed by atoms with E-state index in [1.165, 1.54) is 24.3 Å². The van der Waals surface area contributed by atoms with Crippen molar-refractivity contribution in [1.82, 2.24) is 0 Å². The number of nitrogens with two attached hydrogens (primary N) is 1. The van der Waals surface area contributed by atoms with Gasteiger partial charge in [0.25, 0.3) is 0 Å². The lowest BCUT2D eigenvalue weighted by Gasteiger charge is -2.10. The van der Waals surface area contributed by atoms with Gasteiger partial charge in [-0.05, 0) is 35.4 Å². The molecule has 0 bridgehead atoms. The third-order valence-corrected chi connectivity index (χ3v) is 3.07. The van der Waals surface area contributed by atoms with Gasteiger partial charge >= 0.3 is 6.36 Å². The van der Waals surface area contributed by atoms with Crippen molar-refractivity contribution >= 4 is 35.6 Å². The number of hydrogen-bond donors (Lipinski definition) is 3. The standard InChI is InChI=1S/C16H16F3N3O2.HI/c17-16(18,19)24-14-7-5-13(6-8-14)22-15(20)21-9-11-3-1-2-4-12(11)10-23;/h1-8,23H,9-10H2,(H3,20,21,22);1H. The molecule has 0 saturated carbocycles. The van der Waals surface area contributed by atoms with Crippen molar-refractivity contribution in [2.75, 3.05) is 5.32 Å². The second kappa shape index (κ2) is 9.47. The molecule has 2 aromatic rings. The normalized spacial score (nSPS) is 11.6. The number of aliphatic hydroxyl groups excluding tert-OH is 1. The van der Waals surface area contributed by atoms with E-state index in [9.17, 15) is 18.3 Å². The summed E-state index contributed by atoms with van der Waals surface area (Å²) in [6, 6.07) is 12.4. The van der Waals surface area contributed by atoms with E-state index in [2.05, 4.69) is 15.0 Å². The van der Waals surface area contributed by atoms with Crippen LogP contribution in [0.1, 0.15) is 11.1 Å². The van der Waals surface area contributed by atoms with Gasteiger partial charge in [0.05, 0.1) is 13.2 Å². The molecular weight excluding hydrogens is 450 g/mol. The number of nitrogens with zero attached hydrogens (tertiary/aromatic N) is 1. The van der Waals surface area contributed by atoms with Gasteiger partial charge in [-0.3, -0.25) is 0 Å². The molecule has 0 unspecified atom stereocenters. The molecule has 0 heterocycles. The third kappa shape index (κ3) is 7.18. The maximum atomic E-state index is 12.1. The van der Waals surface area contributed by atoms with Crippen LogP contribution in [0.15, 0.2) is 53.5 Å². The molecular formula is C16H17F3IN3O2. The zero-order chi connectivity index (χ0) is 17.6. The van der Waals surface area contributed by atoms with Gasteiger partial charge in [-0.25, -0.2) is 4.99 Å². The predicted molar refractivity (Wildman–Crippen MR) is 99.9 cm³/mol. The topological polar surface area (TPSA) is 79.9 Å². The first-order valence-electron chi connectivity index (χ1n) is 6.98. The van der Waals surface area contributed by atoms with Gasteiger partial charge < -0.3 is 20.9 Å². The lowest BCUT2D eigenvalue weighted by molar-refractivity contribution is -0.274. The lowest BCUT2D eigenvalue weighted by Crippen LogP contribution is -2.22. The zero-order valence-corrected chi connectivity index (χ0v) is 15.3. The molecule has 0 aliphatic heterocycles. The van der Waals surface area contributed by atoms with Gasteiger partial charge in [0.2, 0.25) is 0 Å². The van der Waals surface area contributed by atoms with Crippen LogP contribution in [0.4, 0.5) is 18.9 Å². The summed E-state index contributed by atoms with van der Waals surface area (Å²) in [6.45, 7) is 0.171. The number of ether oxygens (including phenoxy) is 1. The molecule has 0 aliphatic carbocycles. The summed E-state index contributed by atoms with van der Waals surface area (Å²) in [5, 5.41) is 12.0. The summed E-state index contributed by atoms with van der Waals surface area (Å²) in [5.74, 6) is -0.215. The van der Waals surface area contributed by atoms with Crippen LogP contribution in [-0.4, -0.2) is 17.4 Å². The molecule has 0 radical (unpaired) electrons. The second-order valence-electron chi connectivity index (χ2n) is 4.83. The lowest BCUT2D eigenvalue weighted by atomic mass is 10.1. The Balaban J connectivity index is 0.00000312. The van der Waals surface area contributed by atoms with E-state index in [0.29, 0.717) is 5.69 Å². The Morgan fingerprint density at radius 1 is 1.08 bits per heavy atom. The van der Waals surface area contributed by atoms with E-state index in [4.69, 9.17) is 5.73 Å². The molecule has 25 heavy (non-hydrogen) atoms. The Morgan fingerprint density at radius 3 is 2.24 bits per heavy atom. The van der Waals surface area contributed by atoms with Gasteiger partial charge in [-0.15, -0.1) is 37.1 Å². The maximum absolute atomic E-state index is 12.1. The molecule has 136 valence electrons. The van der Waals surface area contributed by atoms with Crippen LogP contribution in [0.5, 0.6) is 5.75 Å². The molecule has 0 spiro atoms. The Morgan fingerprint density at radius 2 is 1.68 bits per heavy atom. The summed E-state index contributed by atoms with van der Waals surface area (Å²) in [4.78, 5) is 4.14. The molecule has 0 aliphatic rings. The fraction of sp³-hybridized carbons (Fsp3) is 0.188. The van der Waals surface area contributed by atoms with E-state index in [1.54, 1.807) is 6.07 Å². The van der Waals surface area contributed by atoms with Crippen LogP contribution in [-0.2, 0) is 13.2 Å². The molecule has 0 atom stereocenters. The van der Waals surface area contributed by atoms with Crippen LogP contribution in [0.2, 0.25) is 0 Å². The first kappa shape index (κ1) is 21.0. The monoisotopic (exact) mass is 467 g/mol. The van der Waals surface area contributed by atoms with Crippen molar-refractivity contribution in [3.05, 3.63) is 59.7 Å². The predicted octanol–water partition coefficient (Wildman–Crippen LogP) is 3.62. The third-order valence-electron chi connectivity index (χ3n) is 3.07. The first-order valence-corrected chi connectivity index (χ1v) is 6.98. The summed E-state index contributed by atoms with van der Waals surface area (Å²) < 4.78 is 40.0. The van der Waals surface area contributed by atoms with Crippen molar-refractivity contribution in [1.29, 1.82) is 0 Å². The van der Waals surface area contributed by atoms with E-state index in [1.807, 2.05) is 18.2 Å². The average Bonchev–Trinajstić information content (AvgIpc) is 2.53. The fourth-order valence-electron chi connectivity index (χ4n) is 1.96. The fourth-order valence-corrected chi connectivity index (χ4v) is 1.96. The summed E-state index contributed by atoms with van der Waals surface area (Å²) in [7, 11) is 0. The molecule has 2 rings (SSSR count). The highest BCUT2D eigenvalue weighted by Crippen LogP contribution is 2.23. The van der Waals surface area contributed by atoms with Crippen molar-refractivity contribution < 1.29 is 23.0 Å². The van der Waals surface area contributed by atoms with Gasteiger partial charge in [0.1, 0.15) is 5.75 Å². The zero-order valence-electron chi connectivity index (χ0n) is 13.0. The van der Waals surface area contributed by atoms with E-state index < -0.39 is 6.36 Å². The quantitative estimate of drug-likeness (QED) is 0.357. The molecule has 0 saturated heterocycles. The van der Waals surface area contributed by atoms with E-state index >= 15 is 0 Å². The minimum atomic E-state index is -4.73. The highest BCUT2D eigenvalue weighted by atomic mass is 127. The Hall–Kier alpha value is -2.01. The highest BCUT2D eigenvalue weighted by Gasteiger charge is 2.30. The Bertz CT molecular complexity index is 707. The average molecular weight is 467 g/mol. The van der Waals surface area contributed by atoms with E-state index in [-0.39, 0.29) is 48.8 Å². The molecule has 9 heteroatoms. The number of guanidine groups is 1. The number of rotatable bonds is 5. The van der Waals surface area contributed by atoms with Crippen LogP contribution in [0.3, 0.4) is 0 Å². The minimum Gasteiger partial charge on any atom is -0.406 e. The summed E-state index contributed by atoms with van der Waals surface area (Å²) in [6.07, 6.45) is -4.73. The number of aliphatic imine (C=N–C) groups is 1. The SMILES string of the molecule is I.NC(=NCc1ccccc1CO)Nc1ccc(OC(F)(F)F)cc1. The molecule has 0 aromatic heterocycles. The molecule has 2 aromatic carbocycles. The maximum Gasteiger partial charge on any atom is 0.573 e. The van der Waals surface area contributed by atoms with Crippen LogP contribution in [0, 0.1) is 0 Å². The number of anilines is 1. The van der Waals surface area contributed by atoms with E-state index in [0.717, 1.165) is 11.1 Å². The number of halogens is 4. The van der Waals surface area contributed by atoms with Crippen LogP contribution in [0.25, 0.3) is 0 Å². The largest absolute Gasteiger partial charge is 0.573 e. The van der Waals surface area contributed by atoms with Gasteiger partial charge in [0, 0.05) is 5.69 Å². The Kier molecular flexibility index (Phi) is 7.97. The molecule has 0 fully saturated rings. The van der Waals surface area contributed by atoms with Gasteiger partial charge in [-0.1, -0.05) is 24.3 Å². The minimum absolute atomic E-state index is 0. The van der Waals surface area contributed by atoms with Crippen molar-refractivity contribution in [3.8, 4) is 5.75 Å². The second-order valence-corrected chi connectivity index (χ2v) is 4.83. The summed E-state index contributed by atoms with van der Waals surface area (Å²) in [5.41, 5.74) is 7.81.